The van der Waals surface area contributed by atoms with Crippen LogP contribution in [0.4, 0.5) is 5.69 Å². The Morgan fingerprint density at radius 2 is 1.59 bits per heavy atom. The Bertz CT molecular complexity index is 1150. The lowest BCUT2D eigenvalue weighted by Crippen LogP contribution is -2.20. The van der Waals surface area contributed by atoms with E-state index in [1.54, 1.807) is 73.7 Å². The molecule has 0 saturated heterocycles. The largest absolute Gasteiger partial charge is 0.322 e. The van der Waals surface area contributed by atoms with E-state index in [0.717, 1.165) is 0 Å². The Balaban J connectivity index is 1.73. The van der Waals surface area contributed by atoms with E-state index in [9.17, 15) is 13.2 Å². The van der Waals surface area contributed by atoms with Gasteiger partial charge in [0.2, 0.25) is 0 Å². The highest BCUT2D eigenvalue weighted by molar-refractivity contribution is 7.89. The highest BCUT2D eigenvalue weighted by atomic mass is 35.5. The number of anilines is 1. The monoisotopic (exact) mass is 427 g/mol. The van der Waals surface area contributed by atoms with Gasteiger partial charge >= 0.3 is 0 Å². The fraction of sp³-hybridized carbons (Fsp3) is 0.0476. The summed E-state index contributed by atoms with van der Waals surface area (Å²) in [5.74, 6) is -0.279. The summed E-state index contributed by atoms with van der Waals surface area (Å²) in [6.45, 7) is 1.67. The first-order chi connectivity index (χ1) is 13.8. The minimum Gasteiger partial charge on any atom is -0.322 e. The van der Waals surface area contributed by atoms with Crippen LogP contribution < -0.4 is 10.1 Å². The minimum atomic E-state index is -3.75. The van der Waals surface area contributed by atoms with Crippen LogP contribution in [-0.4, -0.2) is 20.0 Å². The Morgan fingerprint density at radius 3 is 2.28 bits per heavy atom. The van der Waals surface area contributed by atoms with E-state index in [-0.39, 0.29) is 10.8 Å². The van der Waals surface area contributed by atoms with Gasteiger partial charge in [-0.2, -0.15) is 18.4 Å². The Labute approximate surface area is 174 Å². The smallest absolute Gasteiger partial charge is 0.276 e. The fourth-order valence-electron chi connectivity index (χ4n) is 2.47. The summed E-state index contributed by atoms with van der Waals surface area (Å²) in [7, 11) is -3.75. The molecule has 3 aromatic carbocycles. The van der Waals surface area contributed by atoms with Gasteiger partial charge in [0, 0.05) is 16.3 Å². The molecule has 0 atom stereocenters. The van der Waals surface area contributed by atoms with Crippen molar-refractivity contribution in [1.29, 1.82) is 0 Å². The van der Waals surface area contributed by atoms with Gasteiger partial charge in [0.15, 0.2) is 0 Å². The molecule has 29 heavy (non-hydrogen) atoms. The van der Waals surface area contributed by atoms with E-state index in [1.165, 1.54) is 12.1 Å². The second-order valence-electron chi connectivity index (χ2n) is 6.15. The Kier molecular flexibility index (Phi) is 6.31. The summed E-state index contributed by atoms with van der Waals surface area (Å²) in [4.78, 5) is 14.7. The Hall–Kier alpha value is -3.16. The molecule has 0 aliphatic heterocycles. The average Bonchev–Trinajstić information content (AvgIpc) is 2.73. The van der Waals surface area contributed by atoms with Crippen molar-refractivity contribution in [3.63, 3.8) is 0 Å². The summed E-state index contributed by atoms with van der Waals surface area (Å²) in [6, 6.07) is 21.5. The van der Waals surface area contributed by atoms with Crippen LogP contribution in [0.3, 0.4) is 0 Å². The third-order valence-electron chi connectivity index (χ3n) is 4.03. The number of nitrogens with zero attached hydrogens (tertiary/aromatic N) is 1. The van der Waals surface area contributed by atoms with Crippen molar-refractivity contribution in [2.75, 3.05) is 5.32 Å². The standard InChI is InChI=1S/C21H18ClN3O3S/c1-15(24-25-29(27,28)20-8-3-2-4-9-20)17-6-5-7-19(14-17)23-21(26)16-10-12-18(22)13-11-16/h2-14,25H,1H3,(H,23,26)/b24-15-. The van der Waals surface area contributed by atoms with Crippen molar-refractivity contribution in [1.82, 2.24) is 4.83 Å². The zero-order valence-corrected chi connectivity index (χ0v) is 17.0. The number of halogens is 1. The van der Waals surface area contributed by atoms with Crippen molar-refractivity contribution >= 4 is 38.9 Å². The van der Waals surface area contributed by atoms with Crippen LogP contribution in [0.25, 0.3) is 0 Å². The van der Waals surface area contributed by atoms with Gasteiger partial charge in [-0.25, -0.2) is 0 Å². The maximum absolute atomic E-state index is 12.3. The molecular weight excluding hydrogens is 410 g/mol. The van der Waals surface area contributed by atoms with Crippen molar-refractivity contribution in [3.8, 4) is 0 Å². The van der Waals surface area contributed by atoms with E-state index >= 15 is 0 Å². The number of hydrogen-bond donors (Lipinski definition) is 2. The first kappa shape index (κ1) is 20.6. The summed E-state index contributed by atoms with van der Waals surface area (Å²) < 4.78 is 24.6. The van der Waals surface area contributed by atoms with Crippen LogP contribution in [0.15, 0.2) is 88.9 Å². The molecule has 148 valence electrons. The molecule has 1 amide bonds. The van der Waals surface area contributed by atoms with Crippen molar-refractivity contribution in [3.05, 3.63) is 95.0 Å². The number of hydrogen-bond acceptors (Lipinski definition) is 4. The van der Waals surface area contributed by atoms with Gasteiger partial charge in [0.05, 0.1) is 10.6 Å². The van der Waals surface area contributed by atoms with Gasteiger partial charge in [0.25, 0.3) is 15.9 Å². The SMILES string of the molecule is C/C(=N/NS(=O)(=O)c1ccccc1)c1cccc(NC(=O)c2ccc(Cl)cc2)c1. The normalized spacial score (nSPS) is 11.7. The molecule has 0 heterocycles. The first-order valence-corrected chi connectivity index (χ1v) is 10.5. The highest BCUT2D eigenvalue weighted by Crippen LogP contribution is 2.15. The van der Waals surface area contributed by atoms with Crippen molar-refractivity contribution in [2.45, 2.75) is 11.8 Å². The molecule has 0 aliphatic rings. The molecule has 0 saturated carbocycles. The molecule has 0 aliphatic carbocycles. The van der Waals surface area contributed by atoms with Gasteiger partial charge in [-0.3, -0.25) is 4.79 Å². The van der Waals surface area contributed by atoms with Gasteiger partial charge in [-0.15, -0.1) is 0 Å². The fourth-order valence-corrected chi connectivity index (χ4v) is 3.48. The molecule has 2 N–H and O–H groups in total. The average molecular weight is 428 g/mol. The van der Waals surface area contributed by atoms with Gasteiger partial charge < -0.3 is 5.32 Å². The van der Waals surface area contributed by atoms with Gasteiger partial charge in [-0.05, 0) is 61.0 Å². The van der Waals surface area contributed by atoms with Crippen LogP contribution in [0.1, 0.15) is 22.8 Å². The number of amides is 1. The lowest BCUT2D eigenvalue weighted by molar-refractivity contribution is 0.102. The zero-order valence-electron chi connectivity index (χ0n) is 15.5. The van der Waals surface area contributed by atoms with E-state index < -0.39 is 10.0 Å². The topological polar surface area (TPSA) is 87.6 Å². The quantitative estimate of drug-likeness (QED) is 0.454. The van der Waals surface area contributed by atoms with Crippen molar-refractivity contribution < 1.29 is 13.2 Å². The lowest BCUT2D eigenvalue weighted by Gasteiger charge is -2.08. The molecular formula is C21H18ClN3O3S. The van der Waals surface area contributed by atoms with E-state index in [4.69, 9.17) is 11.6 Å². The van der Waals surface area contributed by atoms with Crippen LogP contribution in [0, 0.1) is 0 Å². The second-order valence-corrected chi connectivity index (χ2v) is 8.24. The predicted octanol–water partition coefficient (Wildman–Crippen LogP) is 4.29. The molecule has 6 nitrogen and oxygen atoms in total. The van der Waals surface area contributed by atoms with Gasteiger partial charge in [-0.1, -0.05) is 41.9 Å². The summed E-state index contributed by atoms with van der Waals surface area (Å²) in [5.41, 5.74) is 2.14. The molecule has 0 unspecified atom stereocenters. The van der Waals surface area contributed by atoms with E-state index in [1.807, 2.05) is 0 Å². The maximum atomic E-state index is 12.3. The predicted molar refractivity (Wildman–Crippen MR) is 115 cm³/mol. The maximum Gasteiger partial charge on any atom is 0.276 e. The number of carbonyl (C=O) groups is 1. The number of sulfonamides is 1. The number of benzene rings is 3. The number of hydrazone groups is 1. The third-order valence-corrected chi connectivity index (χ3v) is 5.51. The molecule has 3 rings (SSSR count). The van der Waals surface area contributed by atoms with E-state index in [0.29, 0.717) is 27.5 Å². The zero-order chi connectivity index (χ0) is 20.9. The highest BCUT2D eigenvalue weighted by Gasteiger charge is 2.12. The molecule has 3 aromatic rings. The van der Waals surface area contributed by atoms with Crippen LogP contribution in [0.5, 0.6) is 0 Å². The van der Waals surface area contributed by atoms with Crippen LogP contribution in [-0.2, 0) is 10.0 Å². The number of rotatable bonds is 6. The first-order valence-electron chi connectivity index (χ1n) is 8.64. The second kappa shape index (κ2) is 8.89. The Morgan fingerprint density at radius 1 is 0.897 bits per heavy atom. The number of carbonyl (C=O) groups excluding carboxylic acids is 1. The van der Waals surface area contributed by atoms with E-state index in [2.05, 4.69) is 15.2 Å². The molecule has 0 fully saturated rings. The summed E-state index contributed by atoms with van der Waals surface area (Å²) in [5, 5.41) is 7.33. The molecule has 0 spiro atoms. The molecule has 8 heteroatoms. The lowest BCUT2D eigenvalue weighted by atomic mass is 10.1. The number of nitrogens with one attached hydrogen (secondary N) is 2. The third kappa shape index (κ3) is 5.43. The summed E-state index contributed by atoms with van der Waals surface area (Å²) in [6.07, 6.45) is 0. The molecule has 0 radical (unpaired) electrons. The van der Waals surface area contributed by atoms with Crippen LogP contribution >= 0.6 is 11.6 Å². The van der Waals surface area contributed by atoms with Gasteiger partial charge in [0.1, 0.15) is 0 Å². The molecule has 0 bridgehead atoms. The van der Waals surface area contributed by atoms with Crippen molar-refractivity contribution in [2.24, 2.45) is 5.10 Å². The molecule has 0 aromatic heterocycles. The minimum absolute atomic E-state index is 0.125. The summed E-state index contributed by atoms with van der Waals surface area (Å²) >= 11 is 5.84. The van der Waals surface area contributed by atoms with Crippen LogP contribution in [0.2, 0.25) is 5.02 Å².